The first-order valence-corrected chi connectivity index (χ1v) is 12.3. The number of amides is 4. The van der Waals surface area contributed by atoms with Crippen molar-refractivity contribution in [2.45, 2.75) is 64.5 Å². The lowest BCUT2D eigenvalue weighted by Gasteiger charge is -2.33. The summed E-state index contributed by atoms with van der Waals surface area (Å²) >= 11 is 0. The smallest absolute Gasteiger partial charge is 0.410 e. The molecule has 2 fully saturated rings. The number of hydrogen-bond acceptors (Lipinski definition) is 6. The summed E-state index contributed by atoms with van der Waals surface area (Å²) in [4.78, 5) is 53.3. The predicted octanol–water partition coefficient (Wildman–Crippen LogP) is 3.52. The molecule has 0 aliphatic carbocycles. The highest BCUT2D eigenvalue weighted by Gasteiger charge is 2.44. The Balaban J connectivity index is 1.29. The summed E-state index contributed by atoms with van der Waals surface area (Å²) in [6.45, 7) is 11.4. The number of carbonyl (C=O) groups is 4. The van der Waals surface area contributed by atoms with Gasteiger partial charge in [-0.2, -0.15) is 0 Å². The highest BCUT2D eigenvalue weighted by atomic mass is 16.6. The van der Waals surface area contributed by atoms with Crippen LogP contribution in [0.5, 0.6) is 0 Å². The van der Waals surface area contributed by atoms with Crippen molar-refractivity contribution in [3.8, 4) is 0 Å². The molecule has 4 rings (SSSR count). The van der Waals surface area contributed by atoms with E-state index in [2.05, 4.69) is 17.2 Å². The van der Waals surface area contributed by atoms with E-state index in [1.54, 1.807) is 23.1 Å². The molecule has 1 atom stereocenters. The number of hydrogen-bond donors (Lipinski definition) is 2. The van der Waals surface area contributed by atoms with E-state index in [9.17, 15) is 19.2 Å². The van der Waals surface area contributed by atoms with Crippen LogP contribution in [0, 0.1) is 5.92 Å². The van der Waals surface area contributed by atoms with E-state index in [4.69, 9.17) is 4.74 Å². The van der Waals surface area contributed by atoms with Gasteiger partial charge in [-0.15, -0.1) is 0 Å². The van der Waals surface area contributed by atoms with Gasteiger partial charge in [0, 0.05) is 31.0 Å². The molecule has 2 saturated heterocycles. The lowest BCUT2D eigenvalue weighted by Crippen LogP contribution is -2.51. The van der Waals surface area contributed by atoms with Crippen LogP contribution in [0.2, 0.25) is 0 Å². The molecule has 3 heterocycles. The molecule has 1 aromatic carbocycles. The van der Waals surface area contributed by atoms with Crippen LogP contribution in [0.1, 0.15) is 73.6 Å². The zero-order valence-electron chi connectivity index (χ0n) is 20.7. The van der Waals surface area contributed by atoms with Gasteiger partial charge in [-0.25, -0.2) is 4.79 Å². The van der Waals surface area contributed by atoms with Crippen LogP contribution >= 0.6 is 0 Å². The van der Waals surface area contributed by atoms with Gasteiger partial charge in [0.15, 0.2) is 0 Å². The normalized spacial score (nSPS) is 21.2. The first-order valence-electron chi connectivity index (χ1n) is 12.3. The SMILES string of the molecule is C=C1CCC(N2C(=O)c3ccc(NCCC4CCN(C(=O)OC(C)(C)C)CC4)cc3C2=O)C(=O)N1. The average molecular weight is 483 g/mol. The lowest BCUT2D eigenvalue weighted by molar-refractivity contribution is -0.125. The molecule has 0 aromatic heterocycles. The van der Waals surface area contributed by atoms with Crippen molar-refractivity contribution in [3.05, 3.63) is 41.6 Å². The van der Waals surface area contributed by atoms with Gasteiger partial charge in [-0.1, -0.05) is 6.58 Å². The van der Waals surface area contributed by atoms with Gasteiger partial charge in [0.2, 0.25) is 5.91 Å². The summed E-state index contributed by atoms with van der Waals surface area (Å²) in [5, 5.41) is 6.00. The summed E-state index contributed by atoms with van der Waals surface area (Å²) in [6.07, 6.45) is 3.44. The molecule has 35 heavy (non-hydrogen) atoms. The minimum atomic E-state index is -0.809. The van der Waals surface area contributed by atoms with Gasteiger partial charge in [0.25, 0.3) is 11.8 Å². The fraction of sp³-hybridized carbons (Fsp3) is 0.538. The van der Waals surface area contributed by atoms with E-state index in [1.165, 1.54) is 0 Å². The molecule has 1 aromatic rings. The minimum Gasteiger partial charge on any atom is -0.444 e. The van der Waals surface area contributed by atoms with Gasteiger partial charge in [0.05, 0.1) is 11.1 Å². The molecule has 9 nitrogen and oxygen atoms in total. The molecular weight excluding hydrogens is 448 g/mol. The zero-order valence-corrected chi connectivity index (χ0v) is 20.7. The maximum Gasteiger partial charge on any atom is 0.410 e. The van der Waals surface area contributed by atoms with Crippen molar-refractivity contribution in [2.24, 2.45) is 5.92 Å². The number of fused-ring (bicyclic) bond motifs is 1. The van der Waals surface area contributed by atoms with E-state index < -0.39 is 23.5 Å². The molecule has 4 amide bonds. The zero-order chi connectivity index (χ0) is 25.3. The number of carbonyl (C=O) groups excluding carboxylic acids is 4. The highest BCUT2D eigenvalue weighted by molar-refractivity contribution is 6.23. The highest BCUT2D eigenvalue weighted by Crippen LogP contribution is 2.30. The molecular formula is C26H34N4O5. The van der Waals surface area contributed by atoms with Crippen LogP contribution in [0.15, 0.2) is 30.5 Å². The van der Waals surface area contributed by atoms with Crippen LogP contribution in [0.3, 0.4) is 0 Å². The standard InChI is InChI=1S/C26H34N4O5/c1-16-5-8-21(22(31)28-16)30-23(32)19-7-6-18(15-20(19)24(30)33)27-12-9-17-10-13-29(14-11-17)25(34)35-26(2,3)4/h6-7,15,17,21,27H,1,5,8-14H2,2-4H3,(H,28,31). The lowest BCUT2D eigenvalue weighted by atomic mass is 9.93. The Morgan fingerprint density at radius 1 is 1.11 bits per heavy atom. The van der Waals surface area contributed by atoms with Crippen LogP contribution in [-0.4, -0.2) is 64.9 Å². The number of allylic oxidation sites excluding steroid dienone is 1. The summed E-state index contributed by atoms with van der Waals surface area (Å²) < 4.78 is 5.45. The number of benzene rings is 1. The number of imide groups is 1. The van der Waals surface area contributed by atoms with Gasteiger partial charge >= 0.3 is 6.09 Å². The first-order chi connectivity index (χ1) is 16.5. The molecule has 2 N–H and O–H groups in total. The molecule has 0 spiro atoms. The third-order valence-electron chi connectivity index (χ3n) is 6.70. The van der Waals surface area contributed by atoms with E-state index in [-0.39, 0.29) is 12.0 Å². The molecule has 0 bridgehead atoms. The topological polar surface area (TPSA) is 108 Å². The number of piperidine rings is 2. The van der Waals surface area contributed by atoms with Crippen molar-refractivity contribution < 1.29 is 23.9 Å². The van der Waals surface area contributed by atoms with Gasteiger partial charge in [-0.05, 0) is 77.0 Å². The van der Waals surface area contributed by atoms with Crippen molar-refractivity contribution in [1.29, 1.82) is 0 Å². The Labute approximate surface area is 205 Å². The van der Waals surface area contributed by atoms with Crippen LogP contribution in [-0.2, 0) is 9.53 Å². The van der Waals surface area contributed by atoms with Gasteiger partial charge in [0.1, 0.15) is 11.6 Å². The third kappa shape index (κ3) is 5.49. The number of nitrogens with one attached hydrogen (secondary N) is 2. The van der Waals surface area contributed by atoms with Crippen molar-refractivity contribution in [1.82, 2.24) is 15.1 Å². The fourth-order valence-corrected chi connectivity index (χ4v) is 4.81. The molecule has 0 saturated carbocycles. The summed E-state index contributed by atoms with van der Waals surface area (Å²) in [5.74, 6) is -0.738. The van der Waals surface area contributed by atoms with E-state index in [0.29, 0.717) is 48.7 Å². The molecule has 3 aliphatic rings. The number of anilines is 1. The van der Waals surface area contributed by atoms with Gasteiger partial charge < -0.3 is 20.3 Å². The second-order valence-corrected chi connectivity index (χ2v) is 10.5. The second-order valence-electron chi connectivity index (χ2n) is 10.5. The maximum atomic E-state index is 13.0. The monoisotopic (exact) mass is 482 g/mol. The maximum absolute atomic E-state index is 13.0. The Kier molecular flexibility index (Phi) is 6.87. The van der Waals surface area contributed by atoms with E-state index >= 15 is 0 Å². The van der Waals surface area contributed by atoms with Crippen molar-refractivity contribution in [3.63, 3.8) is 0 Å². The first kappa shape index (κ1) is 24.8. The summed E-state index contributed by atoms with van der Waals surface area (Å²) in [6, 6.07) is 4.33. The van der Waals surface area contributed by atoms with Crippen molar-refractivity contribution >= 4 is 29.5 Å². The molecule has 1 unspecified atom stereocenters. The second kappa shape index (κ2) is 9.71. The van der Waals surface area contributed by atoms with Crippen LogP contribution in [0.4, 0.5) is 10.5 Å². The fourth-order valence-electron chi connectivity index (χ4n) is 4.81. The summed E-state index contributed by atoms with van der Waals surface area (Å²) in [5.41, 5.74) is 1.52. The number of rotatable bonds is 5. The molecule has 9 heteroatoms. The Morgan fingerprint density at radius 3 is 2.46 bits per heavy atom. The third-order valence-corrected chi connectivity index (χ3v) is 6.70. The van der Waals surface area contributed by atoms with Crippen LogP contribution < -0.4 is 10.6 Å². The summed E-state index contributed by atoms with van der Waals surface area (Å²) in [7, 11) is 0. The minimum absolute atomic E-state index is 0.254. The Hall–Kier alpha value is -3.36. The molecule has 0 radical (unpaired) electrons. The number of nitrogens with zero attached hydrogens (tertiary/aromatic N) is 2. The largest absolute Gasteiger partial charge is 0.444 e. The van der Waals surface area contributed by atoms with E-state index in [1.807, 2.05) is 20.8 Å². The number of likely N-dealkylation sites (tertiary alicyclic amines) is 1. The molecule has 188 valence electrons. The van der Waals surface area contributed by atoms with Crippen LogP contribution in [0.25, 0.3) is 0 Å². The Morgan fingerprint density at radius 2 is 1.80 bits per heavy atom. The molecule has 3 aliphatic heterocycles. The average Bonchev–Trinajstić information content (AvgIpc) is 3.03. The van der Waals surface area contributed by atoms with Gasteiger partial charge in [-0.3, -0.25) is 19.3 Å². The number of ether oxygens (including phenoxy) is 1. The predicted molar refractivity (Wildman–Crippen MR) is 131 cm³/mol. The quantitative estimate of drug-likeness (QED) is 0.622. The Bertz CT molecular complexity index is 1050. The van der Waals surface area contributed by atoms with E-state index in [0.717, 1.165) is 36.4 Å². The van der Waals surface area contributed by atoms with Crippen molar-refractivity contribution in [2.75, 3.05) is 25.0 Å².